The molecule has 0 radical (unpaired) electrons. The van der Waals surface area contributed by atoms with E-state index in [1.54, 1.807) is 30.6 Å². The van der Waals surface area contributed by atoms with Crippen LogP contribution in [-0.2, 0) is 10.0 Å². The first-order valence-corrected chi connectivity index (χ1v) is 12.5. The lowest BCUT2D eigenvalue weighted by atomic mass is 9.97. The zero-order valence-electron chi connectivity index (χ0n) is 17.9. The Hall–Kier alpha value is -3.03. The maximum Gasteiger partial charge on any atom is 0.241 e. The predicted octanol–water partition coefficient (Wildman–Crippen LogP) is 4.89. The van der Waals surface area contributed by atoms with E-state index in [0.29, 0.717) is 23.5 Å². The summed E-state index contributed by atoms with van der Waals surface area (Å²) in [6.45, 7) is 1.31. The van der Waals surface area contributed by atoms with Crippen LogP contribution in [0.15, 0.2) is 102 Å². The number of benzene rings is 3. The van der Waals surface area contributed by atoms with E-state index < -0.39 is 10.0 Å². The van der Waals surface area contributed by atoms with Crippen LogP contribution in [0.1, 0.15) is 11.1 Å². The summed E-state index contributed by atoms with van der Waals surface area (Å²) in [5, 5.41) is 5.41. The van der Waals surface area contributed by atoms with Gasteiger partial charge in [0.05, 0.1) is 4.90 Å². The molecule has 0 saturated heterocycles. The second-order valence-corrected chi connectivity index (χ2v) is 9.56. The Bertz CT molecular complexity index is 1370. The number of pyridine rings is 1. The summed E-state index contributed by atoms with van der Waals surface area (Å²) in [4.78, 5) is 4.31. The Morgan fingerprint density at radius 2 is 1.70 bits per heavy atom. The summed E-state index contributed by atoms with van der Waals surface area (Å²) in [6, 6.07) is 24.7. The minimum atomic E-state index is -3.63. The summed E-state index contributed by atoms with van der Waals surface area (Å²) in [6.07, 6.45) is 5.33. The van der Waals surface area contributed by atoms with Gasteiger partial charge in [0.15, 0.2) is 0 Å². The normalized spacial score (nSPS) is 12.2. The molecule has 0 unspecified atom stereocenters. The summed E-state index contributed by atoms with van der Waals surface area (Å²) in [5.41, 5.74) is 3.05. The van der Waals surface area contributed by atoms with Crippen molar-refractivity contribution in [3.05, 3.63) is 113 Å². The molecule has 1 heterocycles. The number of sulfonamides is 1. The number of rotatable bonds is 9. The zero-order valence-corrected chi connectivity index (χ0v) is 19.5. The van der Waals surface area contributed by atoms with Crippen LogP contribution in [0.25, 0.3) is 16.3 Å². The lowest BCUT2D eigenvalue weighted by molar-refractivity contribution is 0.579. The second-order valence-electron chi connectivity index (χ2n) is 7.42. The molecular weight excluding hydrogens is 454 g/mol. The standard InChI is InChI=1S/C26H24ClN3O2S/c27-25-11-5-4-10-24(25)22(20-7-2-1-3-8-20)13-15-28-17-18-30-33(31,32)26-12-6-9-21-19-29-16-14-23(21)26/h1-14,16,19,28,30H,15,17-18H2/b22-13-. The highest BCUT2D eigenvalue weighted by molar-refractivity contribution is 7.89. The molecule has 0 spiro atoms. The minimum absolute atomic E-state index is 0.257. The molecule has 0 aliphatic heterocycles. The van der Waals surface area contributed by atoms with Gasteiger partial charge in [-0.2, -0.15) is 0 Å². The van der Waals surface area contributed by atoms with E-state index in [4.69, 9.17) is 11.6 Å². The average molecular weight is 478 g/mol. The first-order chi connectivity index (χ1) is 16.1. The highest BCUT2D eigenvalue weighted by atomic mass is 35.5. The molecule has 0 aliphatic rings. The Morgan fingerprint density at radius 1 is 0.909 bits per heavy atom. The molecular formula is C26H24ClN3O2S. The first-order valence-electron chi connectivity index (χ1n) is 10.6. The largest absolute Gasteiger partial charge is 0.312 e. The van der Waals surface area contributed by atoms with Gasteiger partial charge in [0.25, 0.3) is 0 Å². The summed E-state index contributed by atoms with van der Waals surface area (Å²) in [7, 11) is -3.63. The number of aromatic nitrogens is 1. The molecule has 7 heteroatoms. The van der Waals surface area contributed by atoms with Gasteiger partial charge in [0.2, 0.25) is 10.0 Å². The van der Waals surface area contributed by atoms with Crippen LogP contribution in [0.2, 0.25) is 5.02 Å². The van der Waals surface area contributed by atoms with Gasteiger partial charge in [-0.05, 0) is 29.3 Å². The van der Waals surface area contributed by atoms with Crippen molar-refractivity contribution >= 4 is 38.0 Å². The summed E-state index contributed by atoms with van der Waals surface area (Å²) >= 11 is 6.44. The quantitative estimate of drug-likeness (QED) is 0.337. The number of nitrogens with one attached hydrogen (secondary N) is 2. The van der Waals surface area contributed by atoms with Gasteiger partial charge < -0.3 is 5.32 Å². The highest BCUT2D eigenvalue weighted by Crippen LogP contribution is 2.29. The lowest BCUT2D eigenvalue weighted by Crippen LogP contribution is -2.32. The van der Waals surface area contributed by atoms with Crippen LogP contribution >= 0.6 is 11.6 Å². The number of fused-ring (bicyclic) bond motifs is 1. The molecule has 1 aromatic heterocycles. The third-order valence-corrected chi connectivity index (χ3v) is 7.07. The Labute approximate surface area is 199 Å². The monoisotopic (exact) mass is 477 g/mol. The topological polar surface area (TPSA) is 71.1 Å². The molecule has 0 saturated carbocycles. The Kier molecular flexibility index (Phi) is 7.52. The number of halogens is 1. The van der Waals surface area contributed by atoms with Crippen molar-refractivity contribution in [2.24, 2.45) is 0 Å². The molecule has 0 amide bonds. The van der Waals surface area contributed by atoms with Crippen LogP contribution in [0.4, 0.5) is 0 Å². The average Bonchev–Trinajstić information content (AvgIpc) is 2.84. The van der Waals surface area contributed by atoms with E-state index in [2.05, 4.69) is 21.1 Å². The predicted molar refractivity (Wildman–Crippen MR) is 135 cm³/mol. The minimum Gasteiger partial charge on any atom is -0.312 e. The molecule has 168 valence electrons. The van der Waals surface area contributed by atoms with E-state index in [1.165, 1.54) is 0 Å². The van der Waals surface area contributed by atoms with E-state index in [-0.39, 0.29) is 11.4 Å². The van der Waals surface area contributed by atoms with Gasteiger partial charge in [0.1, 0.15) is 0 Å². The van der Waals surface area contributed by atoms with Crippen molar-refractivity contribution in [2.75, 3.05) is 19.6 Å². The third kappa shape index (κ3) is 5.67. The zero-order chi connectivity index (χ0) is 23.1. The van der Waals surface area contributed by atoms with Crippen molar-refractivity contribution in [1.29, 1.82) is 0 Å². The number of hydrogen-bond donors (Lipinski definition) is 2. The maximum absolute atomic E-state index is 12.8. The van der Waals surface area contributed by atoms with Crippen molar-refractivity contribution in [2.45, 2.75) is 4.90 Å². The van der Waals surface area contributed by atoms with Gasteiger partial charge in [-0.15, -0.1) is 0 Å². The van der Waals surface area contributed by atoms with Crippen molar-refractivity contribution < 1.29 is 8.42 Å². The molecule has 0 atom stereocenters. The van der Waals surface area contributed by atoms with Crippen LogP contribution in [0.5, 0.6) is 0 Å². The fraction of sp³-hybridized carbons (Fsp3) is 0.115. The lowest BCUT2D eigenvalue weighted by Gasteiger charge is -2.12. The molecule has 4 aromatic rings. The van der Waals surface area contributed by atoms with Gasteiger partial charge >= 0.3 is 0 Å². The van der Waals surface area contributed by atoms with Crippen LogP contribution < -0.4 is 10.0 Å². The number of hydrogen-bond acceptors (Lipinski definition) is 4. The van der Waals surface area contributed by atoms with Gasteiger partial charge in [-0.25, -0.2) is 13.1 Å². The SMILES string of the molecule is O=S(=O)(NCCNC/C=C(/c1ccccc1)c1ccccc1Cl)c1cccc2cnccc12. The molecule has 3 aromatic carbocycles. The van der Waals surface area contributed by atoms with Crippen molar-refractivity contribution in [3.63, 3.8) is 0 Å². The molecule has 0 bridgehead atoms. The fourth-order valence-corrected chi connectivity index (χ4v) is 5.13. The Morgan fingerprint density at radius 3 is 2.52 bits per heavy atom. The molecule has 4 rings (SSSR count). The van der Waals surface area contributed by atoms with Crippen LogP contribution in [0, 0.1) is 0 Å². The smallest absolute Gasteiger partial charge is 0.241 e. The fourth-order valence-electron chi connectivity index (χ4n) is 3.64. The van der Waals surface area contributed by atoms with Gasteiger partial charge in [-0.3, -0.25) is 4.98 Å². The van der Waals surface area contributed by atoms with E-state index >= 15 is 0 Å². The van der Waals surface area contributed by atoms with Crippen molar-refractivity contribution in [1.82, 2.24) is 15.0 Å². The molecule has 2 N–H and O–H groups in total. The van der Waals surface area contributed by atoms with E-state index in [9.17, 15) is 8.42 Å². The summed E-state index contributed by atoms with van der Waals surface area (Å²) in [5.74, 6) is 0. The highest BCUT2D eigenvalue weighted by Gasteiger charge is 2.16. The van der Waals surface area contributed by atoms with Gasteiger partial charge in [-0.1, -0.05) is 78.3 Å². The maximum atomic E-state index is 12.8. The summed E-state index contributed by atoms with van der Waals surface area (Å²) < 4.78 is 28.3. The van der Waals surface area contributed by atoms with E-state index in [0.717, 1.165) is 22.1 Å². The number of nitrogens with zero attached hydrogens (tertiary/aromatic N) is 1. The second kappa shape index (κ2) is 10.7. The van der Waals surface area contributed by atoms with E-state index in [1.807, 2.05) is 60.7 Å². The molecule has 0 aliphatic carbocycles. The first kappa shape index (κ1) is 23.1. The Balaban J connectivity index is 1.40. The molecule has 0 fully saturated rings. The molecule has 33 heavy (non-hydrogen) atoms. The third-order valence-electron chi connectivity index (χ3n) is 5.22. The van der Waals surface area contributed by atoms with Crippen molar-refractivity contribution in [3.8, 4) is 0 Å². The van der Waals surface area contributed by atoms with Crippen LogP contribution in [-0.4, -0.2) is 33.0 Å². The van der Waals surface area contributed by atoms with Gasteiger partial charge in [0, 0.05) is 53.4 Å². The molecule has 5 nitrogen and oxygen atoms in total. The van der Waals surface area contributed by atoms with Crippen LogP contribution in [0.3, 0.4) is 0 Å².